The molecule has 0 aliphatic rings. The van der Waals surface area contributed by atoms with Gasteiger partial charge in [-0.2, -0.15) is 0 Å². The van der Waals surface area contributed by atoms with Gasteiger partial charge in [0, 0.05) is 51.7 Å². The van der Waals surface area contributed by atoms with Gasteiger partial charge in [0.05, 0.1) is 6.54 Å². The molecule has 0 saturated carbocycles. The van der Waals surface area contributed by atoms with Crippen molar-refractivity contribution in [3.05, 3.63) is 59.2 Å². The summed E-state index contributed by atoms with van der Waals surface area (Å²) in [5.41, 5.74) is 2.01. The molecule has 0 bridgehead atoms. The number of aliphatic imine (C=N–C) groups is 1. The Morgan fingerprint density at radius 2 is 1.96 bits per heavy atom. The lowest BCUT2D eigenvalue weighted by molar-refractivity contribution is 0.0954. The standard InChI is InChI=1S/C19H26FN5O.HI/c1-14-7-8-15(12-17(14)20)18(26)22-9-10-23-19(21-2)25(4)13-16-6-5-11-24(16)3;/h5-8,11-12H,9-10,13H2,1-4H3,(H,21,23)(H,22,26);1H. The molecule has 2 rings (SSSR count). The number of hydrogen-bond donors (Lipinski definition) is 2. The summed E-state index contributed by atoms with van der Waals surface area (Å²) in [4.78, 5) is 18.3. The lowest BCUT2D eigenvalue weighted by atomic mass is 10.1. The maximum atomic E-state index is 13.5. The minimum atomic E-state index is -0.376. The molecular formula is C19H27FIN5O. The Bertz CT molecular complexity index is 790. The van der Waals surface area contributed by atoms with E-state index in [0.29, 0.717) is 24.2 Å². The summed E-state index contributed by atoms with van der Waals surface area (Å²) in [7, 11) is 5.68. The molecule has 0 unspecified atom stereocenters. The van der Waals surface area contributed by atoms with Crippen LogP contribution in [0.5, 0.6) is 0 Å². The molecule has 2 N–H and O–H groups in total. The monoisotopic (exact) mass is 487 g/mol. The number of benzene rings is 1. The lowest BCUT2D eigenvalue weighted by Gasteiger charge is -2.22. The zero-order chi connectivity index (χ0) is 19.1. The van der Waals surface area contributed by atoms with Crippen LogP contribution in [0.1, 0.15) is 21.6 Å². The van der Waals surface area contributed by atoms with Crippen molar-refractivity contribution in [2.45, 2.75) is 13.5 Å². The number of carbonyl (C=O) groups is 1. The van der Waals surface area contributed by atoms with Crippen LogP contribution in [0.3, 0.4) is 0 Å². The number of aryl methyl sites for hydroxylation is 2. The molecule has 1 heterocycles. The number of aromatic nitrogens is 1. The summed E-state index contributed by atoms with van der Waals surface area (Å²) >= 11 is 0. The second kappa shape index (κ2) is 10.9. The van der Waals surface area contributed by atoms with E-state index >= 15 is 0 Å². The average Bonchev–Trinajstić information content (AvgIpc) is 3.01. The van der Waals surface area contributed by atoms with Crippen molar-refractivity contribution in [1.82, 2.24) is 20.1 Å². The molecule has 2 aromatic rings. The van der Waals surface area contributed by atoms with Crippen LogP contribution < -0.4 is 10.6 Å². The fourth-order valence-corrected chi connectivity index (χ4v) is 2.55. The second-order valence-corrected chi connectivity index (χ2v) is 6.16. The summed E-state index contributed by atoms with van der Waals surface area (Å²) in [6, 6.07) is 8.54. The van der Waals surface area contributed by atoms with Crippen molar-refractivity contribution in [1.29, 1.82) is 0 Å². The van der Waals surface area contributed by atoms with Gasteiger partial charge in [-0.1, -0.05) is 6.07 Å². The summed E-state index contributed by atoms with van der Waals surface area (Å²) in [5, 5.41) is 5.98. The van der Waals surface area contributed by atoms with E-state index in [9.17, 15) is 9.18 Å². The minimum absolute atomic E-state index is 0. The highest BCUT2D eigenvalue weighted by atomic mass is 127. The van der Waals surface area contributed by atoms with Gasteiger partial charge < -0.3 is 20.1 Å². The SMILES string of the molecule is CN=C(NCCNC(=O)c1ccc(C)c(F)c1)N(C)Cc1cccn1C.I. The number of rotatable bonds is 6. The van der Waals surface area contributed by atoms with Gasteiger partial charge in [0.15, 0.2) is 5.96 Å². The minimum Gasteiger partial charge on any atom is -0.354 e. The third-order valence-electron chi connectivity index (χ3n) is 4.15. The molecule has 0 atom stereocenters. The van der Waals surface area contributed by atoms with E-state index in [0.717, 1.165) is 12.5 Å². The second-order valence-electron chi connectivity index (χ2n) is 6.16. The molecule has 0 saturated heterocycles. The summed E-state index contributed by atoms with van der Waals surface area (Å²) in [6.07, 6.45) is 2.00. The van der Waals surface area contributed by atoms with Gasteiger partial charge in [0.2, 0.25) is 0 Å². The first-order chi connectivity index (χ1) is 12.4. The Hall–Kier alpha value is -2.10. The number of nitrogens with one attached hydrogen (secondary N) is 2. The van der Waals surface area contributed by atoms with Crippen molar-refractivity contribution in [2.24, 2.45) is 12.0 Å². The van der Waals surface area contributed by atoms with Crippen molar-refractivity contribution < 1.29 is 9.18 Å². The number of guanidine groups is 1. The van der Waals surface area contributed by atoms with Crippen molar-refractivity contribution in [3.63, 3.8) is 0 Å². The lowest BCUT2D eigenvalue weighted by Crippen LogP contribution is -2.42. The highest BCUT2D eigenvalue weighted by Gasteiger charge is 2.10. The van der Waals surface area contributed by atoms with E-state index in [4.69, 9.17) is 0 Å². The van der Waals surface area contributed by atoms with Crippen LogP contribution in [0.25, 0.3) is 0 Å². The number of carbonyl (C=O) groups excluding carboxylic acids is 1. The Morgan fingerprint density at radius 3 is 2.56 bits per heavy atom. The van der Waals surface area contributed by atoms with Crippen LogP contribution in [0.4, 0.5) is 4.39 Å². The molecule has 27 heavy (non-hydrogen) atoms. The van der Waals surface area contributed by atoms with Crippen LogP contribution in [-0.2, 0) is 13.6 Å². The third-order valence-corrected chi connectivity index (χ3v) is 4.15. The van der Waals surface area contributed by atoms with Crippen molar-refractivity contribution >= 4 is 35.8 Å². The van der Waals surface area contributed by atoms with Gasteiger partial charge in [-0.25, -0.2) is 4.39 Å². The predicted octanol–water partition coefficient (Wildman–Crippen LogP) is 2.53. The smallest absolute Gasteiger partial charge is 0.251 e. The maximum Gasteiger partial charge on any atom is 0.251 e. The largest absolute Gasteiger partial charge is 0.354 e. The summed E-state index contributed by atoms with van der Waals surface area (Å²) < 4.78 is 15.6. The highest BCUT2D eigenvalue weighted by molar-refractivity contribution is 14.0. The first-order valence-corrected chi connectivity index (χ1v) is 8.48. The number of amides is 1. The zero-order valence-corrected chi connectivity index (χ0v) is 18.5. The van der Waals surface area contributed by atoms with Crippen LogP contribution in [0.15, 0.2) is 41.5 Å². The number of nitrogens with zero attached hydrogens (tertiary/aromatic N) is 3. The quantitative estimate of drug-likeness (QED) is 0.285. The van der Waals surface area contributed by atoms with Crippen LogP contribution >= 0.6 is 24.0 Å². The third kappa shape index (κ3) is 6.53. The van der Waals surface area contributed by atoms with Crippen LogP contribution in [0.2, 0.25) is 0 Å². The van der Waals surface area contributed by atoms with Gasteiger partial charge >= 0.3 is 0 Å². The molecule has 1 aromatic carbocycles. The summed E-state index contributed by atoms with van der Waals surface area (Å²) in [6.45, 7) is 3.31. The van der Waals surface area contributed by atoms with E-state index in [1.165, 1.54) is 11.8 Å². The maximum absolute atomic E-state index is 13.5. The van der Waals surface area contributed by atoms with Gasteiger partial charge in [0.1, 0.15) is 5.82 Å². The fourth-order valence-electron chi connectivity index (χ4n) is 2.55. The molecule has 1 aromatic heterocycles. The average molecular weight is 487 g/mol. The molecule has 0 aliphatic heterocycles. The fraction of sp³-hybridized carbons (Fsp3) is 0.368. The van der Waals surface area contributed by atoms with Gasteiger partial charge in [-0.15, -0.1) is 24.0 Å². The van der Waals surface area contributed by atoms with Crippen molar-refractivity contribution in [2.75, 3.05) is 27.2 Å². The first-order valence-electron chi connectivity index (χ1n) is 8.48. The Balaban J connectivity index is 0.00000364. The van der Waals surface area contributed by atoms with Crippen LogP contribution in [-0.4, -0.2) is 48.5 Å². The molecule has 0 fully saturated rings. The highest BCUT2D eigenvalue weighted by Crippen LogP contribution is 2.09. The Labute approximate surface area is 176 Å². The summed E-state index contributed by atoms with van der Waals surface area (Å²) in [5.74, 6) is 0.0677. The van der Waals surface area contributed by atoms with Gasteiger partial charge in [-0.3, -0.25) is 9.79 Å². The Morgan fingerprint density at radius 1 is 1.26 bits per heavy atom. The van der Waals surface area contributed by atoms with Gasteiger partial charge in [0.25, 0.3) is 5.91 Å². The van der Waals surface area contributed by atoms with E-state index in [-0.39, 0.29) is 35.7 Å². The van der Waals surface area contributed by atoms with E-state index in [1.807, 2.05) is 31.3 Å². The van der Waals surface area contributed by atoms with Crippen LogP contribution in [0, 0.1) is 12.7 Å². The predicted molar refractivity (Wildman–Crippen MR) is 117 cm³/mol. The van der Waals surface area contributed by atoms with E-state index < -0.39 is 0 Å². The molecular weight excluding hydrogens is 460 g/mol. The number of halogens is 2. The van der Waals surface area contributed by atoms with E-state index in [1.54, 1.807) is 26.1 Å². The Kier molecular flexibility index (Phi) is 9.27. The van der Waals surface area contributed by atoms with Gasteiger partial charge in [-0.05, 0) is 36.8 Å². The molecule has 1 amide bonds. The van der Waals surface area contributed by atoms with Crippen molar-refractivity contribution in [3.8, 4) is 0 Å². The molecule has 0 aliphatic carbocycles. The topological polar surface area (TPSA) is 61.7 Å². The molecule has 8 heteroatoms. The zero-order valence-electron chi connectivity index (χ0n) is 16.1. The number of hydrogen-bond acceptors (Lipinski definition) is 2. The van der Waals surface area contributed by atoms with E-state index in [2.05, 4.69) is 26.3 Å². The normalized spacial score (nSPS) is 10.9. The molecule has 0 radical (unpaired) electrons. The molecule has 148 valence electrons. The molecule has 0 spiro atoms. The first kappa shape index (κ1) is 22.9. The molecule has 6 nitrogen and oxygen atoms in total.